The quantitative estimate of drug-likeness (QED) is 0.113. The zero-order valence-corrected chi connectivity index (χ0v) is 36.5. The van der Waals surface area contributed by atoms with E-state index in [1.165, 1.54) is 19.1 Å². The van der Waals surface area contributed by atoms with Crippen LogP contribution in [0.5, 0.6) is 0 Å². The molecule has 4 aromatic carbocycles. The first kappa shape index (κ1) is 45.6. The van der Waals surface area contributed by atoms with E-state index in [1.54, 1.807) is 45.0 Å². The third-order valence-electron chi connectivity index (χ3n) is 11.4. The maximum absolute atomic E-state index is 13.8. The molecule has 0 radical (unpaired) electrons. The largest absolute Gasteiger partial charge is 0.453 e. The molecule has 2 aliphatic rings. The molecular weight excluding hydrogens is 803 g/mol. The van der Waals surface area contributed by atoms with Crippen molar-refractivity contribution < 1.29 is 38.2 Å². The summed E-state index contributed by atoms with van der Waals surface area (Å²) in [5.41, 5.74) is 4.48. The maximum Gasteiger partial charge on any atom is 0.407 e. The Hall–Kier alpha value is -6.90. The van der Waals surface area contributed by atoms with Crippen LogP contribution in [-0.4, -0.2) is 86.1 Å². The Bertz CT molecular complexity index is 2220. The van der Waals surface area contributed by atoms with Gasteiger partial charge in [0.1, 0.15) is 24.2 Å². The summed E-state index contributed by atoms with van der Waals surface area (Å²) < 4.78 is 9.48. The minimum atomic E-state index is -1.00. The van der Waals surface area contributed by atoms with Gasteiger partial charge in [0.05, 0.1) is 14.2 Å². The van der Waals surface area contributed by atoms with E-state index in [-0.39, 0.29) is 11.8 Å². The summed E-state index contributed by atoms with van der Waals surface area (Å²) in [6, 6.07) is 31.5. The Labute approximate surface area is 368 Å². The second-order valence-electron chi connectivity index (χ2n) is 16.9. The average molecular weight is 860 g/mol. The molecule has 15 heteroatoms. The van der Waals surface area contributed by atoms with Gasteiger partial charge in [-0.25, -0.2) is 9.59 Å². The first-order chi connectivity index (χ1) is 30.2. The number of hydrogen-bond donors (Lipinski definition) is 4. The molecule has 0 aromatic heterocycles. The van der Waals surface area contributed by atoms with Crippen LogP contribution in [-0.2, 0) is 41.7 Å². The number of anilines is 3. The molecule has 6 rings (SSSR count). The number of methoxy groups -OCH3 is 2. The summed E-state index contributed by atoms with van der Waals surface area (Å²) in [4.78, 5) is 84.1. The van der Waals surface area contributed by atoms with Gasteiger partial charge in [-0.3, -0.25) is 24.5 Å². The Kier molecular flexibility index (Phi) is 15.0. The number of ether oxygens (including phenoxy) is 2. The Morgan fingerprint density at radius 2 is 1.24 bits per heavy atom. The van der Waals surface area contributed by atoms with Crippen LogP contribution in [0.3, 0.4) is 0 Å². The summed E-state index contributed by atoms with van der Waals surface area (Å²) in [5, 5.41) is 10.7. The van der Waals surface area contributed by atoms with Crippen molar-refractivity contribution in [3.63, 3.8) is 0 Å². The lowest BCUT2D eigenvalue weighted by Crippen LogP contribution is -2.57. The highest BCUT2D eigenvalue weighted by Crippen LogP contribution is 2.29. The molecule has 4 N–H and O–H groups in total. The van der Waals surface area contributed by atoms with Gasteiger partial charge < -0.3 is 40.1 Å². The molecule has 332 valence electrons. The normalized spacial score (nSPS) is 16.9. The number of hydrogen-bond acceptors (Lipinski definition) is 10. The Morgan fingerprint density at radius 3 is 1.84 bits per heavy atom. The number of likely N-dealkylation sites (tertiary alicyclic amines) is 1. The molecule has 4 aromatic rings. The van der Waals surface area contributed by atoms with Crippen molar-refractivity contribution in [1.29, 1.82) is 0 Å². The maximum atomic E-state index is 13.8. The van der Waals surface area contributed by atoms with Gasteiger partial charge in [-0.15, -0.1) is 0 Å². The fourth-order valence-corrected chi connectivity index (χ4v) is 8.09. The molecule has 2 saturated heterocycles. The molecule has 15 nitrogen and oxygen atoms in total. The summed E-state index contributed by atoms with van der Waals surface area (Å²) in [5.74, 6) is -1.69. The minimum Gasteiger partial charge on any atom is -0.453 e. The van der Waals surface area contributed by atoms with E-state index in [9.17, 15) is 28.8 Å². The van der Waals surface area contributed by atoms with Crippen LogP contribution < -0.4 is 31.1 Å². The summed E-state index contributed by atoms with van der Waals surface area (Å²) in [6.07, 6.45) is 1.02. The second-order valence-corrected chi connectivity index (χ2v) is 16.9. The Morgan fingerprint density at radius 1 is 0.683 bits per heavy atom. The number of nitrogens with zero attached hydrogens (tertiary/aromatic N) is 3. The average Bonchev–Trinajstić information content (AvgIpc) is 3.99. The summed E-state index contributed by atoms with van der Waals surface area (Å²) in [7, 11) is 2.46. The SMILES string of the molecule is COC(=O)N[C@H](C(=O)NC(=O)[C@@H]1CCCN1c1ccc(CN(Cc2ccc(NC(=O)[C@@H]3CCCN3C(=O)[C@H](NC(=O)OC)c3ccccc3)cc2)c2ccccc2)cc1)C(C)(C)C. The van der Waals surface area contributed by atoms with Crippen LogP contribution in [0.4, 0.5) is 26.7 Å². The molecule has 4 atom stereocenters. The lowest BCUT2D eigenvalue weighted by Gasteiger charge is -2.31. The number of para-hydroxylation sites is 1. The van der Waals surface area contributed by atoms with E-state index in [0.29, 0.717) is 56.7 Å². The zero-order valence-electron chi connectivity index (χ0n) is 36.5. The van der Waals surface area contributed by atoms with Crippen LogP contribution in [0.2, 0.25) is 0 Å². The molecule has 0 bridgehead atoms. The molecule has 0 spiro atoms. The molecule has 6 amide bonds. The number of benzene rings is 4. The molecular formula is C48H57N7O8. The number of rotatable bonds is 14. The molecule has 63 heavy (non-hydrogen) atoms. The highest BCUT2D eigenvalue weighted by Gasteiger charge is 2.39. The summed E-state index contributed by atoms with van der Waals surface area (Å²) in [6.45, 7) is 7.59. The topological polar surface area (TPSA) is 179 Å². The number of alkyl carbamates (subject to hydrolysis) is 2. The molecule has 0 unspecified atom stereocenters. The van der Waals surface area contributed by atoms with E-state index in [0.717, 1.165) is 28.9 Å². The third kappa shape index (κ3) is 11.7. The van der Waals surface area contributed by atoms with Crippen molar-refractivity contribution in [1.82, 2.24) is 20.9 Å². The number of carbonyl (C=O) groups excluding carboxylic acids is 6. The van der Waals surface area contributed by atoms with E-state index >= 15 is 0 Å². The fraction of sp³-hybridized carbons (Fsp3) is 0.375. The predicted octanol–water partition coefficient (Wildman–Crippen LogP) is 6.30. The summed E-state index contributed by atoms with van der Waals surface area (Å²) >= 11 is 0. The number of nitrogens with one attached hydrogen (secondary N) is 4. The zero-order chi connectivity index (χ0) is 45.1. The molecule has 2 heterocycles. The standard InChI is InChI=1S/C48H57N7O8/c1-48(2,3)41(51-47(61)63-5)44(58)52-43(57)38-18-12-28-54(38)37-26-22-33(23-27-37)31-53(36-16-10-7-11-17-36)30-32-20-24-35(25-21-32)49-42(56)39-19-13-29-55(39)45(59)40(50-46(60)62-4)34-14-8-6-9-15-34/h6-11,14-17,20-27,38-41H,12-13,18-19,28-31H2,1-5H3,(H,49,56)(H,50,60)(H,51,61)(H,52,57,58)/t38-,39-,40+,41+/m0/s1. The van der Waals surface area contributed by atoms with E-state index in [1.807, 2.05) is 77.7 Å². The lowest BCUT2D eigenvalue weighted by molar-refractivity contribution is -0.138. The van der Waals surface area contributed by atoms with Crippen molar-refractivity contribution in [3.8, 4) is 0 Å². The second kappa shape index (κ2) is 20.8. The van der Waals surface area contributed by atoms with Gasteiger partial charge in [0, 0.05) is 43.2 Å². The molecule has 0 aliphatic carbocycles. The fourth-order valence-electron chi connectivity index (χ4n) is 8.09. The van der Waals surface area contributed by atoms with E-state index in [2.05, 4.69) is 38.3 Å². The van der Waals surface area contributed by atoms with Gasteiger partial charge >= 0.3 is 12.2 Å². The number of imide groups is 1. The third-order valence-corrected chi connectivity index (χ3v) is 11.4. The highest BCUT2D eigenvalue weighted by atomic mass is 16.5. The van der Waals surface area contributed by atoms with E-state index < -0.39 is 53.6 Å². The Balaban J connectivity index is 1.09. The minimum absolute atomic E-state index is 0.302. The van der Waals surface area contributed by atoms with Gasteiger partial charge in [-0.05, 0) is 84.2 Å². The van der Waals surface area contributed by atoms with Gasteiger partial charge in [0.2, 0.25) is 17.7 Å². The van der Waals surface area contributed by atoms with Crippen molar-refractivity contribution in [2.75, 3.05) is 42.4 Å². The van der Waals surface area contributed by atoms with Gasteiger partial charge in [-0.1, -0.05) is 93.6 Å². The monoisotopic (exact) mass is 859 g/mol. The van der Waals surface area contributed by atoms with Gasteiger partial charge in [0.25, 0.3) is 5.91 Å². The molecule has 2 fully saturated rings. The van der Waals surface area contributed by atoms with Gasteiger partial charge in [-0.2, -0.15) is 0 Å². The predicted molar refractivity (Wildman–Crippen MR) is 240 cm³/mol. The number of carbonyl (C=O) groups is 6. The lowest BCUT2D eigenvalue weighted by atomic mass is 9.86. The van der Waals surface area contributed by atoms with Crippen LogP contribution in [0, 0.1) is 5.41 Å². The van der Waals surface area contributed by atoms with Crippen molar-refractivity contribution >= 4 is 52.9 Å². The van der Waals surface area contributed by atoms with Crippen LogP contribution >= 0.6 is 0 Å². The molecule has 0 saturated carbocycles. The van der Waals surface area contributed by atoms with Gasteiger partial charge in [0.15, 0.2) is 0 Å². The van der Waals surface area contributed by atoms with Crippen molar-refractivity contribution in [2.24, 2.45) is 5.41 Å². The highest BCUT2D eigenvalue weighted by molar-refractivity contribution is 6.02. The van der Waals surface area contributed by atoms with Crippen LogP contribution in [0.15, 0.2) is 109 Å². The van der Waals surface area contributed by atoms with Crippen LogP contribution in [0.25, 0.3) is 0 Å². The van der Waals surface area contributed by atoms with Crippen molar-refractivity contribution in [2.45, 2.75) is 83.7 Å². The van der Waals surface area contributed by atoms with E-state index in [4.69, 9.17) is 9.47 Å². The first-order valence-corrected chi connectivity index (χ1v) is 21.2. The first-order valence-electron chi connectivity index (χ1n) is 21.2. The molecule has 2 aliphatic heterocycles. The smallest absolute Gasteiger partial charge is 0.407 e. The van der Waals surface area contributed by atoms with Crippen molar-refractivity contribution in [3.05, 3.63) is 126 Å². The van der Waals surface area contributed by atoms with Crippen LogP contribution in [0.1, 0.15) is 69.2 Å². The number of amides is 6.